The molecular weight excluding hydrogens is 407 g/mol. The molecule has 2 aromatic carbocycles. The van der Waals surface area contributed by atoms with Gasteiger partial charge in [-0.3, -0.25) is 19.7 Å². The topological polar surface area (TPSA) is 143 Å². The van der Waals surface area contributed by atoms with Crippen LogP contribution in [0.4, 0.5) is 10.1 Å². The van der Waals surface area contributed by atoms with Crippen molar-refractivity contribution in [2.24, 2.45) is 5.10 Å². The van der Waals surface area contributed by atoms with Gasteiger partial charge in [-0.25, -0.2) is 9.82 Å². The molecule has 1 N–H and O–H groups in total. The second-order valence-corrected chi connectivity index (χ2v) is 6.21. The van der Waals surface area contributed by atoms with Gasteiger partial charge in [-0.15, -0.1) is 0 Å². The van der Waals surface area contributed by atoms with Gasteiger partial charge in [0.1, 0.15) is 17.4 Å². The molecule has 0 saturated carbocycles. The van der Waals surface area contributed by atoms with Crippen molar-refractivity contribution in [1.29, 1.82) is 5.26 Å². The Bertz CT molecular complexity index is 1310. The number of rotatable bonds is 5. The molecular formula is C20H13FN6O4. The second kappa shape index (κ2) is 8.75. The van der Waals surface area contributed by atoms with Gasteiger partial charge in [0.05, 0.1) is 16.8 Å². The molecule has 0 aliphatic carbocycles. The number of benzene rings is 2. The largest absolute Gasteiger partial charge is 0.292 e. The van der Waals surface area contributed by atoms with Gasteiger partial charge < -0.3 is 0 Å². The maximum atomic E-state index is 13.2. The van der Waals surface area contributed by atoms with Gasteiger partial charge in [0.2, 0.25) is 0 Å². The van der Waals surface area contributed by atoms with Gasteiger partial charge >= 0.3 is 0 Å². The van der Waals surface area contributed by atoms with Gasteiger partial charge in [-0.1, -0.05) is 12.1 Å². The lowest BCUT2D eigenvalue weighted by Gasteiger charge is -2.10. The van der Waals surface area contributed by atoms with Crippen molar-refractivity contribution in [3.05, 3.63) is 97.2 Å². The number of nitro benzene ring substituents is 1. The quantitative estimate of drug-likeness (QED) is 0.381. The Morgan fingerprint density at radius 1 is 1.32 bits per heavy atom. The van der Waals surface area contributed by atoms with Gasteiger partial charge in [0, 0.05) is 23.3 Å². The lowest BCUT2D eigenvalue weighted by molar-refractivity contribution is -0.384. The first kappa shape index (κ1) is 21.0. The molecule has 1 aromatic heterocycles. The van der Waals surface area contributed by atoms with Crippen LogP contribution in [-0.4, -0.2) is 26.8 Å². The normalized spacial score (nSPS) is 10.6. The number of nitro groups is 1. The zero-order valence-electron chi connectivity index (χ0n) is 15.9. The molecule has 0 radical (unpaired) electrons. The molecule has 11 heteroatoms. The number of non-ortho nitro benzene ring substituents is 1. The third kappa shape index (κ3) is 4.48. The highest BCUT2D eigenvalue weighted by atomic mass is 19.1. The Morgan fingerprint density at radius 3 is 2.68 bits per heavy atom. The van der Waals surface area contributed by atoms with E-state index in [0.29, 0.717) is 5.56 Å². The predicted molar refractivity (Wildman–Crippen MR) is 107 cm³/mol. The fraction of sp³-hybridized carbons (Fsp3) is 0.0500. The van der Waals surface area contributed by atoms with Crippen LogP contribution < -0.4 is 11.0 Å². The van der Waals surface area contributed by atoms with Crippen LogP contribution in [0, 0.1) is 34.2 Å². The standard InChI is InChI=1S/C20H13FN6O4/c1-12-17(10-22)20(29)26(15-7-5-14(21)6-8-15)25-18(12)19(28)24-23-11-13-3-2-4-16(9-13)27(30)31/h2-9,11H,1H3,(H,24,28)/b23-11+. The Hall–Kier alpha value is -4.72. The summed E-state index contributed by atoms with van der Waals surface area (Å²) in [5.41, 5.74) is 1.35. The van der Waals surface area contributed by atoms with Crippen LogP contribution in [0.2, 0.25) is 0 Å². The van der Waals surface area contributed by atoms with E-state index in [9.17, 15) is 29.4 Å². The first-order valence-corrected chi connectivity index (χ1v) is 8.69. The first-order valence-electron chi connectivity index (χ1n) is 8.69. The molecule has 0 aliphatic heterocycles. The van der Waals surface area contributed by atoms with Crippen molar-refractivity contribution in [2.45, 2.75) is 6.92 Å². The molecule has 0 atom stereocenters. The van der Waals surface area contributed by atoms with Crippen LogP contribution in [0.15, 0.2) is 58.4 Å². The molecule has 31 heavy (non-hydrogen) atoms. The molecule has 1 heterocycles. The van der Waals surface area contributed by atoms with Gasteiger partial charge in [-0.05, 0) is 31.2 Å². The smallest absolute Gasteiger partial charge is 0.266 e. The number of carbonyl (C=O) groups is 1. The summed E-state index contributed by atoms with van der Waals surface area (Å²) >= 11 is 0. The van der Waals surface area contributed by atoms with Crippen molar-refractivity contribution in [1.82, 2.24) is 15.2 Å². The van der Waals surface area contributed by atoms with Gasteiger partial charge in [0.25, 0.3) is 17.2 Å². The van der Waals surface area contributed by atoms with E-state index >= 15 is 0 Å². The third-order valence-electron chi connectivity index (χ3n) is 4.20. The number of carbonyl (C=O) groups excluding carboxylic acids is 1. The highest BCUT2D eigenvalue weighted by Crippen LogP contribution is 2.13. The molecule has 0 fully saturated rings. The first-order chi connectivity index (χ1) is 14.8. The predicted octanol–water partition coefficient (Wildman–Crippen LogP) is 2.22. The summed E-state index contributed by atoms with van der Waals surface area (Å²) in [4.78, 5) is 35.4. The molecule has 3 aromatic rings. The van der Waals surface area contributed by atoms with E-state index in [4.69, 9.17) is 0 Å². The van der Waals surface area contributed by atoms with E-state index in [0.717, 1.165) is 16.8 Å². The Balaban J connectivity index is 1.93. The average molecular weight is 420 g/mol. The lowest BCUT2D eigenvalue weighted by atomic mass is 10.1. The number of halogens is 1. The SMILES string of the molecule is Cc1c(C(=O)N/N=C/c2cccc([N+](=O)[O-])c2)nn(-c2ccc(F)cc2)c(=O)c1C#N. The molecule has 154 valence electrons. The fourth-order valence-electron chi connectivity index (χ4n) is 2.65. The summed E-state index contributed by atoms with van der Waals surface area (Å²) in [6, 6.07) is 12.1. The van der Waals surface area contributed by atoms with E-state index in [2.05, 4.69) is 15.6 Å². The van der Waals surface area contributed by atoms with Crippen molar-refractivity contribution in [2.75, 3.05) is 0 Å². The molecule has 0 spiro atoms. The van der Waals surface area contributed by atoms with Crippen molar-refractivity contribution >= 4 is 17.8 Å². The summed E-state index contributed by atoms with van der Waals surface area (Å²) in [6.07, 6.45) is 1.20. The molecule has 0 unspecified atom stereocenters. The minimum Gasteiger partial charge on any atom is -0.266 e. The molecule has 3 rings (SSSR count). The van der Waals surface area contributed by atoms with Crippen molar-refractivity contribution in [3.63, 3.8) is 0 Å². The van der Waals surface area contributed by atoms with Crippen LogP contribution in [0.3, 0.4) is 0 Å². The van der Waals surface area contributed by atoms with E-state index in [1.54, 1.807) is 12.1 Å². The van der Waals surface area contributed by atoms with Gasteiger partial charge in [0.15, 0.2) is 5.69 Å². The van der Waals surface area contributed by atoms with E-state index < -0.39 is 22.2 Å². The van der Waals surface area contributed by atoms with Crippen LogP contribution >= 0.6 is 0 Å². The molecule has 10 nitrogen and oxygen atoms in total. The van der Waals surface area contributed by atoms with E-state index in [-0.39, 0.29) is 28.2 Å². The minimum absolute atomic E-state index is 0.0499. The lowest BCUT2D eigenvalue weighted by Crippen LogP contribution is -2.31. The number of hydrazone groups is 1. The fourth-order valence-corrected chi connectivity index (χ4v) is 2.65. The second-order valence-electron chi connectivity index (χ2n) is 6.21. The molecule has 0 saturated heterocycles. The van der Waals surface area contributed by atoms with Crippen LogP contribution in [0.5, 0.6) is 0 Å². The molecule has 0 aliphatic rings. The van der Waals surface area contributed by atoms with Crippen LogP contribution in [0.25, 0.3) is 5.69 Å². The monoisotopic (exact) mass is 420 g/mol. The van der Waals surface area contributed by atoms with Crippen molar-refractivity contribution in [3.8, 4) is 11.8 Å². The number of hydrogen-bond donors (Lipinski definition) is 1. The van der Waals surface area contributed by atoms with Gasteiger partial charge in [-0.2, -0.15) is 20.1 Å². The maximum absolute atomic E-state index is 13.2. The zero-order valence-corrected chi connectivity index (χ0v) is 15.9. The summed E-state index contributed by atoms with van der Waals surface area (Å²) in [7, 11) is 0. The molecule has 0 bridgehead atoms. The summed E-state index contributed by atoms with van der Waals surface area (Å²) in [5.74, 6) is -1.34. The third-order valence-corrected chi connectivity index (χ3v) is 4.20. The average Bonchev–Trinajstić information content (AvgIpc) is 2.75. The van der Waals surface area contributed by atoms with E-state index in [1.807, 2.05) is 0 Å². The van der Waals surface area contributed by atoms with E-state index in [1.165, 1.54) is 43.5 Å². The Labute approximate surface area is 174 Å². The highest BCUT2D eigenvalue weighted by molar-refractivity contribution is 5.94. The molecule has 1 amide bonds. The number of nitriles is 1. The van der Waals surface area contributed by atoms with Crippen LogP contribution in [-0.2, 0) is 0 Å². The Kier molecular flexibility index (Phi) is 5.92. The number of nitrogens with zero attached hydrogens (tertiary/aromatic N) is 5. The number of amides is 1. The summed E-state index contributed by atoms with van der Waals surface area (Å²) < 4.78 is 14.0. The number of aromatic nitrogens is 2. The highest BCUT2D eigenvalue weighted by Gasteiger charge is 2.20. The van der Waals surface area contributed by atoms with Crippen LogP contribution in [0.1, 0.15) is 27.2 Å². The summed E-state index contributed by atoms with van der Waals surface area (Å²) in [5, 5.41) is 27.9. The maximum Gasteiger partial charge on any atom is 0.292 e. The number of hydrogen-bond acceptors (Lipinski definition) is 7. The summed E-state index contributed by atoms with van der Waals surface area (Å²) in [6.45, 7) is 1.39. The number of nitrogens with one attached hydrogen (secondary N) is 1. The zero-order chi connectivity index (χ0) is 22.5. The Morgan fingerprint density at radius 2 is 2.03 bits per heavy atom. The minimum atomic E-state index is -0.813. The van der Waals surface area contributed by atoms with Crippen molar-refractivity contribution < 1.29 is 14.1 Å².